The molecule has 96 valence electrons. The van der Waals surface area contributed by atoms with Gasteiger partial charge in [-0.1, -0.05) is 18.5 Å². The molecule has 0 unspecified atom stereocenters. The first-order chi connectivity index (χ1) is 8.65. The molecule has 2 aromatic rings. The predicted molar refractivity (Wildman–Crippen MR) is 78.8 cm³/mol. The number of halogens is 1. The first kappa shape index (κ1) is 12.2. The number of H-pyrrole nitrogens is 1. The molecule has 1 saturated carbocycles. The average molecular weight is 281 g/mol. The molecule has 1 aromatic carbocycles. The Morgan fingerprint density at radius 3 is 2.72 bits per heavy atom. The lowest BCUT2D eigenvalue weighted by atomic mass is 9.87. The van der Waals surface area contributed by atoms with Gasteiger partial charge in [-0.3, -0.25) is 0 Å². The largest absolute Gasteiger partial charge is 0.331 e. The van der Waals surface area contributed by atoms with E-state index in [0.29, 0.717) is 6.04 Å². The second kappa shape index (κ2) is 4.71. The number of fused-ring (bicyclic) bond motifs is 1. The number of imidazole rings is 1. The Labute approximate surface area is 117 Å². The minimum Gasteiger partial charge on any atom is -0.331 e. The molecular formula is C14H17ClN2S. The lowest BCUT2D eigenvalue weighted by Crippen LogP contribution is -2.16. The van der Waals surface area contributed by atoms with Crippen molar-refractivity contribution in [1.29, 1.82) is 0 Å². The highest BCUT2D eigenvalue weighted by atomic mass is 35.5. The first-order valence-corrected chi connectivity index (χ1v) is 7.33. The van der Waals surface area contributed by atoms with E-state index in [0.717, 1.165) is 26.7 Å². The van der Waals surface area contributed by atoms with Crippen molar-refractivity contribution < 1.29 is 0 Å². The molecule has 4 heteroatoms. The summed E-state index contributed by atoms with van der Waals surface area (Å²) in [5.74, 6) is 0.851. The molecule has 0 bridgehead atoms. The molecule has 1 fully saturated rings. The van der Waals surface area contributed by atoms with Gasteiger partial charge in [0.25, 0.3) is 0 Å². The van der Waals surface area contributed by atoms with Crippen LogP contribution >= 0.6 is 23.8 Å². The second-order valence-electron chi connectivity index (χ2n) is 5.38. The van der Waals surface area contributed by atoms with Crippen LogP contribution in [0.15, 0.2) is 18.2 Å². The molecule has 1 aliphatic rings. The molecule has 3 rings (SSSR count). The Hall–Kier alpha value is -0.800. The minimum atomic E-state index is 0.529. The van der Waals surface area contributed by atoms with Gasteiger partial charge in [0, 0.05) is 11.1 Å². The molecule has 18 heavy (non-hydrogen) atoms. The van der Waals surface area contributed by atoms with Gasteiger partial charge in [0.1, 0.15) is 0 Å². The fraction of sp³-hybridized carbons (Fsp3) is 0.500. The molecule has 0 amide bonds. The summed E-state index contributed by atoms with van der Waals surface area (Å²) in [4.78, 5) is 3.28. The molecule has 0 aliphatic heterocycles. The van der Waals surface area contributed by atoms with Crippen LogP contribution in [-0.4, -0.2) is 9.55 Å². The number of nitrogens with zero attached hydrogens (tertiary/aromatic N) is 1. The van der Waals surface area contributed by atoms with E-state index >= 15 is 0 Å². The van der Waals surface area contributed by atoms with Gasteiger partial charge in [0.05, 0.1) is 11.0 Å². The van der Waals surface area contributed by atoms with Crippen molar-refractivity contribution >= 4 is 34.9 Å². The summed E-state index contributed by atoms with van der Waals surface area (Å²) in [5, 5.41) is 0.773. The van der Waals surface area contributed by atoms with E-state index in [9.17, 15) is 0 Å². The molecule has 0 radical (unpaired) electrons. The number of hydrogen-bond donors (Lipinski definition) is 1. The summed E-state index contributed by atoms with van der Waals surface area (Å²) < 4.78 is 3.09. The number of benzene rings is 1. The normalized spacial score (nSPS) is 24.6. The standard InChI is InChI=1S/C14H17ClN2S/c1-9-2-5-11(6-3-9)17-13-8-10(15)4-7-12(13)16-14(17)18/h4,7-9,11H,2-3,5-6H2,1H3,(H,16,18). The maximum atomic E-state index is 6.10. The highest BCUT2D eigenvalue weighted by molar-refractivity contribution is 7.71. The Morgan fingerprint density at radius 1 is 1.28 bits per heavy atom. The fourth-order valence-corrected chi connectivity index (χ4v) is 3.48. The van der Waals surface area contributed by atoms with E-state index < -0.39 is 0 Å². The third-order valence-corrected chi connectivity index (χ3v) is 4.56. The molecular weight excluding hydrogens is 264 g/mol. The van der Waals surface area contributed by atoms with E-state index in [1.54, 1.807) is 0 Å². The van der Waals surface area contributed by atoms with Crippen LogP contribution in [0.25, 0.3) is 11.0 Å². The molecule has 1 aromatic heterocycles. The summed E-state index contributed by atoms with van der Waals surface area (Å²) in [5.41, 5.74) is 2.23. The fourth-order valence-electron chi connectivity index (χ4n) is 2.96. The summed E-state index contributed by atoms with van der Waals surface area (Å²) in [6, 6.07) is 6.46. The number of hydrogen-bond acceptors (Lipinski definition) is 1. The quantitative estimate of drug-likeness (QED) is 0.721. The minimum absolute atomic E-state index is 0.529. The smallest absolute Gasteiger partial charge is 0.178 e. The second-order valence-corrected chi connectivity index (χ2v) is 6.20. The van der Waals surface area contributed by atoms with Gasteiger partial charge in [-0.2, -0.15) is 0 Å². The van der Waals surface area contributed by atoms with Crippen molar-refractivity contribution in [3.05, 3.63) is 28.0 Å². The summed E-state index contributed by atoms with van der Waals surface area (Å²) in [6.45, 7) is 2.33. The van der Waals surface area contributed by atoms with Crippen LogP contribution in [0.3, 0.4) is 0 Å². The Morgan fingerprint density at radius 2 is 2.00 bits per heavy atom. The van der Waals surface area contributed by atoms with E-state index in [4.69, 9.17) is 23.8 Å². The number of aromatic nitrogens is 2. The van der Waals surface area contributed by atoms with E-state index in [-0.39, 0.29) is 0 Å². The zero-order chi connectivity index (χ0) is 12.7. The lowest BCUT2D eigenvalue weighted by Gasteiger charge is -2.27. The van der Waals surface area contributed by atoms with Gasteiger partial charge in [0.2, 0.25) is 0 Å². The van der Waals surface area contributed by atoms with Crippen molar-refractivity contribution in [2.45, 2.75) is 38.6 Å². The average Bonchev–Trinajstić information content (AvgIpc) is 2.66. The van der Waals surface area contributed by atoms with Gasteiger partial charge in [-0.05, 0) is 62.0 Å². The lowest BCUT2D eigenvalue weighted by molar-refractivity contribution is 0.292. The Balaban J connectivity index is 2.08. The molecule has 0 saturated heterocycles. The van der Waals surface area contributed by atoms with E-state index in [1.807, 2.05) is 18.2 Å². The topological polar surface area (TPSA) is 20.7 Å². The zero-order valence-electron chi connectivity index (χ0n) is 10.4. The molecule has 1 N–H and O–H groups in total. The molecule has 0 spiro atoms. The monoisotopic (exact) mass is 280 g/mol. The third-order valence-electron chi connectivity index (χ3n) is 4.03. The number of aromatic amines is 1. The number of nitrogens with one attached hydrogen (secondary N) is 1. The summed E-state index contributed by atoms with van der Waals surface area (Å²) in [7, 11) is 0. The van der Waals surface area contributed by atoms with Crippen molar-refractivity contribution in [2.75, 3.05) is 0 Å². The SMILES string of the molecule is CC1CCC(n2c(=S)[nH]c3ccc(Cl)cc32)CC1. The van der Waals surface area contributed by atoms with Gasteiger partial charge >= 0.3 is 0 Å². The molecule has 1 heterocycles. The maximum absolute atomic E-state index is 6.10. The zero-order valence-corrected chi connectivity index (χ0v) is 12.0. The molecule has 2 nitrogen and oxygen atoms in total. The van der Waals surface area contributed by atoms with Crippen LogP contribution in [0.5, 0.6) is 0 Å². The van der Waals surface area contributed by atoms with Crippen LogP contribution in [0.1, 0.15) is 38.6 Å². The summed E-state index contributed by atoms with van der Waals surface area (Å²) >= 11 is 11.6. The van der Waals surface area contributed by atoms with Crippen LogP contribution in [0.2, 0.25) is 5.02 Å². The van der Waals surface area contributed by atoms with Gasteiger partial charge < -0.3 is 9.55 Å². The maximum Gasteiger partial charge on any atom is 0.178 e. The molecule has 0 atom stereocenters. The van der Waals surface area contributed by atoms with Crippen LogP contribution in [0, 0.1) is 10.7 Å². The van der Waals surface area contributed by atoms with Gasteiger partial charge in [0.15, 0.2) is 4.77 Å². The van der Waals surface area contributed by atoms with Crippen molar-refractivity contribution in [3.63, 3.8) is 0 Å². The number of rotatable bonds is 1. The summed E-state index contributed by atoms with van der Waals surface area (Å²) in [6.07, 6.45) is 5.02. The molecule has 1 aliphatic carbocycles. The van der Waals surface area contributed by atoms with Crippen molar-refractivity contribution in [3.8, 4) is 0 Å². The predicted octanol–water partition coefficient (Wildman–Crippen LogP) is 5.10. The van der Waals surface area contributed by atoms with Crippen molar-refractivity contribution in [1.82, 2.24) is 9.55 Å². The Kier molecular flexibility index (Phi) is 3.20. The highest BCUT2D eigenvalue weighted by Gasteiger charge is 2.21. The van der Waals surface area contributed by atoms with E-state index in [1.165, 1.54) is 25.7 Å². The van der Waals surface area contributed by atoms with Crippen molar-refractivity contribution in [2.24, 2.45) is 5.92 Å². The van der Waals surface area contributed by atoms with Crippen LogP contribution < -0.4 is 0 Å². The van der Waals surface area contributed by atoms with Gasteiger partial charge in [-0.15, -0.1) is 0 Å². The highest BCUT2D eigenvalue weighted by Crippen LogP contribution is 2.34. The van der Waals surface area contributed by atoms with E-state index in [2.05, 4.69) is 16.5 Å². The Bertz CT molecular complexity index is 620. The van der Waals surface area contributed by atoms with Gasteiger partial charge in [-0.25, -0.2) is 0 Å². The van der Waals surface area contributed by atoms with Crippen LogP contribution in [-0.2, 0) is 0 Å². The van der Waals surface area contributed by atoms with Crippen LogP contribution in [0.4, 0.5) is 0 Å². The third kappa shape index (κ3) is 2.10. The first-order valence-electron chi connectivity index (χ1n) is 6.55.